The maximum atomic E-state index is 8.56. The van der Waals surface area contributed by atoms with Crippen molar-refractivity contribution < 1.29 is 67.8 Å². The Morgan fingerprint density at radius 3 is 1.57 bits per heavy atom. The summed E-state index contributed by atoms with van der Waals surface area (Å²) in [5.41, 5.74) is 0. The van der Waals surface area contributed by atoms with Crippen LogP contribution in [0, 0.1) is 0 Å². The topological polar surface area (TPSA) is 57.5 Å². The Morgan fingerprint density at radius 1 is 1.57 bits per heavy atom. The monoisotopic (exact) mass is 244 g/mol. The minimum absolute atomic E-state index is 0. The molecule has 0 atom stereocenters. The Bertz CT molecular complexity index is 40.3. The molecule has 0 amide bonds. The minimum atomic E-state index is -1.83. The van der Waals surface area contributed by atoms with Crippen LogP contribution in [0.2, 0.25) is 0 Å². The van der Waals surface area contributed by atoms with Crippen LogP contribution in [-0.2, 0) is 0 Å². The second-order valence-electron chi connectivity index (χ2n) is 0.283. The van der Waals surface area contributed by atoms with E-state index >= 15 is 0 Å². The molecule has 0 saturated carbocycles. The maximum Gasteiger partial charge on any atom is 1.00 e. The van der Waals surface area contributed by atoms with Crippen LogP contribution in [0.25, 0.3) is 0 Å². The number of carbonyl (C=O) groups is 1. The van der Waals surface area contributed by atoms with E-state index in [1.165, 1.54) is 0 Å². The molecular weight excluding hydrogens is 238 g/mol. The zero-order valence-corrected chi connectivity index (χ0v) is 9.46. The van der Waals surface area contributed by atoms with E-state index in [-0.39, 0.29) is 52.8 Å². The van der Waals surface area contributed by atoms with Gasteiger partial charge in [0.25, 0.3) is 0 Å². The number of halogens is 1. The van der Waals surface area contributed by atoms with Crippen LogP contribution in [0.15, 0.2) is 0 Å². The second-order valence-corrected chi connectivity index (χ2v) is 0.283. The molecule has 0 spiro atoms. The fourth-order valence-electron chi connectivity index (χ4n) is 0. The van der Waals surface area contributed by atoms with Gasteiger partial charge in [-0.1, -0.05) is 22.6 Å². The summed E-state index contributed by atoms with van der Waals surface area (Å²) < 4.78 is 0. The van der Waals surface area contributed by atoms with Crippen LogP contribution in [0.1, 0.15) is 1.43 Å². The van der Waals surface area contributed by atoms with E-state index in [4.69, 9.17) is 15.0 Å². The van der Waals surface area contributed by atoms with Crippen molar-refractivity contribution in [1.29, 1.82) is 0 Å². The number of hydrogen-bond donors (Lipinski definition) is 2. The molecule has 0 aromatic rings. The molecule has 0 aliphatic heterocycles. The Hall–Kier alpha value is 1.64. The van der Waals surface area contributed by atoms with Gasteiger partial charge in [0.05, 0.1) is 0 Å². The van der Waals surface area contributed by atoms with Crippen molar-refractivity contribution in [2.75, 3.05) is 4.93 Å². The summed E-state index contributed by atoms with van der Waals surface area (Å²) in [6.07, 6.45) is -1.83. The van der Waals surface area contributed by atoms with Crippen molar-refractivity contribution in [2.24, 2.45) is 0 Å². The fraction of sp³-hybridized carbons (Fsp3) is 0.500. The quantitative estimate of drug-likeness (QED) is 0.306. The first-order valence-corrected chi connectivity index (χ1v) is 3.19. The Labute approximate surface area is 99.5 Å². The Morgan fingerprint density at radius 2 is 1.57 bits per heavy atom. The van der Waals surface area contributed by atoms with Gasteiger partial charge in [-0.3, -0.25) is 0 Å². The molecule has 0 aromatic carbocycles. The third-order valence-corrected chi connectivity index (χ3v) is 0. The summed E-state index contributed by atoms with van der Waals surface area (Å²) >= 11 is 2.15. The molecule has 7 heavy (non-hydrogen) atoms. The fourth-order valence-corrected chi connectivity index (χ4v) is 0. The zero-order chi connectivity index (χ0) is 5.58. The molecule has 0 radical (unpaired) electrons. The van der Waals surface area contributed by atoms with Crippen LogP contribution in [0.4, 0.5) is 4.79 Å². The zero-order valence-electron chi connectivity index (χ0n) is 5.18. The maximum absolute atomic E-state index is 8.56. The molecule has 0 aliphatic rings. The van der Waals surface area contributed by atoms with Crippen molar-refractivity contribution in [3.63, 3.8) is 0 Å². The van der Waals surface area contributed by atoms with Crippen molar-refractivity contribution >= 4 is 28.7 Å². The molecule has 0 rings (SSSR count). The predicted octanol–water partition coefficient (Wildman–Crippen LogP) is -1.61. The SMILES string of the molecule is CI.O=C(O)O.[H-].[K+]. The molecule has 0 fully saturated rings. The van der Waals surface area contributed by atoms with Crippen molar-refractivity contribution in [1.82, 2.24) is 0 Å². The average Bonchev–Trinajstić information content (AvgIpc) is 1.41. The summed E-state index contributed by atoms with van der Waals surface area (Å²) in [6, 6.07) is 0. The third kappa shape index (κ3) is 90.6. The summed E-state index contributed by atoms with van der Waals surface area (Å²) in [4.78, 5) is 10.5. The summed E-state index contributed by atoms with van der Waals surface area (Å²) in [5.74, 6) is 0. The second kappa shape index (κ2) is 15.6. The van der Waals surface area contributed by atoms with Gasteiger partial charge in [0, 0.05) is 0 Å². The van der Waals surface area contributed by atoms with Crippen LogP contribution >= 0.6 is 22.6 Å². The standard InChI is InChI=1S/CH3I.CH2O3.K.H/c1-2;2-1(3)4;;/h1H3;(H2,2,3,4);;/q;;+1;-1. The van der Waals surface area contributed by atoms with Gasteiger partial charge in [0.15, 0.2) is 0 Å². The number of rotatable bonds is 0. The molecule has 0 aromatic heterocycles. The van der Waals surface area contributed by atoms with Crippen LogP contribution in [0.5, 0.6) is 0 Å². The normalized spacial score (nSPS) is 4.29. The first kappa shape index (κ1) is 15.9. The van der Waals surface area contributed by atoms with E-state index in [1.54, 1.807) is 0 Å². The van der Waals surface area contributed by atoms with Gasteiger partial charge >= 0.3 is 57.5 Å². The number of carboxylic acid groups (broad SMARTS) is 2. The van der Waals surface area contributed by atoms with Crippen molar-refractivity contribution in [3.8, 4) is 0 Å². The predicted molar refractivity (Wildman–Crippen MR) is 31.7 cm³/mol. The Balaban J connectivity index is -0.0000000183. The van der Waals surface area contributed by atoms with Gasteiger partial charge in [0.2, 0.25) is 0 Å². The van der Waals surface area contributed by atoms with Crippen molar-refractivity contribution in [3.05, 3.63) is 0 Å². The molecule has 2 N–H and O–H groups in total. The van der Waals surface area contributed by atoms with Gasteiger partial charge in [0.1, 0.15) is 0 Å². The molecule has 0 heterocycles. The number of alkyl halides is 1. The van der Waals surface area contributed by atoms with Crippen LogP contribution in [0.3, 0.4) is 0 Å². The van der Waals surface area contributed by atoms with Crippen LogP contribution in [-0.4, -0.2) is 21.3 Å². The summed E-state index contributed by atoms with van der Waals surface area (Å²) in [5, 5.41) is 13.9. The molecule has 40 valence electrons. The van der Waals surface area contributed by atoms with E-state index in [9.17, 15) is 0 Å². The van der Waals surface area contributed by atoms with E-state index < -0.39 is 6.16 Å². The molecule has 0 aliphatic carbocycles. The first-order valence-electron chi connectivity index (χ1n) is 1.03. The Kier molecular flexibility index (Phi) is 35.4. The van der Waals surface area contributed by atoms with E-state index in [2.05, 4.69) is 22.6 Å². The van der Waals surface area contributed by atoms with Crippen LogP contribution < -0.4 is 51.4 Å². The molecular formula is C2H6IKO3. The smallest absolute Gasteiger partial charge is 1.00 e. The van der Waals surface area contributed by atoms with E-state index in [0.29, 0.717) is 0 Å². The van der Waals surface area contributed by atoms with Gasteiger partial charge in [-0.2, -0.15) is 0 Å². The first-order chi connectivity index (χ1) is 2.73. The van der Waals surface area contributed by atoms with Gasteiger partial charge in [-0.15, -0.1) is 0 Å². The molecule has 0 bridgehead atoms. The van der Waals surface area contributed by atoms with Crippen molar-refractivity contribution in [2.45, 2.75) is 0 Å². The van der Waals surface area contributed by atoms with E-state index in [0.717, 1.165) is 0 Å². The summed E-state index contributed by atoms with van der Waals surface area (Å²) in [6.45, 7) is 0. The molecule has 0 unspecified atom stereocenters. The third-order valence-electron chi connectivity index (χ3n) is 0. The largest absolute Gasteiger partial charge is 1.00 e. The number of hydrogen-bond acceptors (Lipinski definition) is 1. The molecule has 3 nitrogen and oxygen atoms in total. The minimum Gasteiger partial charge on any atom is -1.00 e. The molecule has 5 heteroatoms. The average molecular weight is 244 g/mol. The molecule has 0 saturated heterocycles. The van der Waals surface area contributed by atoms with Gasteiger partial charge < -0.3 is 11.6 Å². The van der Waals surface area contributed by atoms with Gasteiger partial charge in [-0.25, -0.2) is 4.79 Å². The summed E-state index contributed by atoms with van der Waals surface area (Å²) in [7, 11) is 0. The van der Waals surface area contributed by atoms with E-state index in [1.807, 2.05) is 4.93 Å². The van der Waals surface area contributed by atoms with Gasteiger partial charge in [-0.05, 0) is 4.93 Å².